The van der Waals surface area contributed by atoms with Crippen molar-refractivity contribution in [2.24, 2.45) is 5.92 Å². The van der Waals surface area contributed by atoms with Crippen LogP contribution in [0.25, 0.3) is 0 Å². The Kier molecular flexibility index (Phi) is 6.22. The fourth-order valence-electron chi connectivity index (χ4n) is 3.04. The van der Waals surface area contributed by atoms with Crippen molar-refractivity contribution in [1.29, 1.82) is 0 Å². The summed E-state index contributed by atoms with van der Waals surface area (Å²) in [5, 5.41) is 0. The van der Waals surface area contributed by atoms with E-state index in [-0.39, 0.29) is 30.0 Å². The van der Waals surface area contributed by atoms with Gasteiger partial charge in [-0.05, 0) is 26.3 Å². The Balaban J connectivity index is 2.05. The predicted octanol–water partition coefficient (Wildman–Crippen LogP) is 3.81. The number of Topliss-reactive ketones (excluding diaryl/α,β-unsaturated/α-hetero) is 1. The van der Waals surface area contributed by atoms with Gasteiger partial charge in [0.1, 0.15) is 6.61 Å². The van der Waals surface area contributed by atoms with E-state index in [0.29, 0.717) is 13.0 Å². The lowest BCUT2D eigenvalue weighted by Gasteiger charge is -2.25. The normalized spacial score (nSPS) is 20.8. The monoisotopic (exact) mass is 347 g/mol. The molecule has 0 aromatic heterocycles. The number of carbonyl (C=O) groups excluding carboxylic acids is 2. The van der Waals surface area contributed by atoms with E-state index in [1.165, 1.54) is 4.90 Å². The molecule has 0 radical (unpaired) electrons. The Morgan fingerprint density at radius 1 is 1.20 bits per heavy atom. The summed E-state index contributed by atoms with van der Waals surface area (Å²) in [6.07, 6.45) is -0.0887. The first-order valence-electron chi connectivity index (χ1n) is 8.86. The molecular formula is C20H29NO4. The molecule has 0 bridgehead atoms. The van der Waals surface area contributed by atoms with Gasteiger partial charge in [-0.1, -0.05) is 44.2 Å². The highest BCUT2D eigenvalue weighted by Gasteiger charge is 2.42. The maximum absolute atomic E-state index is 12.6. The summed E-state index contributed by atoms with van der Waals surface area (Å²) in [4.78, 5) is 26.6. The van der Waals surface area contributed by atoms with Gasteiger partial charge in [-0.25, -0.2) is 4.79 Å². The summed E-state index contributed by atoms with van der Waals surface area (Å²) in [5.74, 6) is -0.0838. The molecule has 1 heterocycles. The SMILES string of the molecule is CC(C)C(=O)[C@@H]1C[C@@H](OC(C)(C)C)CN1C(=O)OCc1ccccc1. The third-order valence-corrected chi connectivity index (χ3v) is 4.12. The van der Waals surface area contributed by atoms with Gasteiger partial charge in [-0.15, -0.1) is 0 Å². The van der Waals surface area contributed by atoms with Crippen LogP contribution < -0.4 is 0 Å². The minimum Gasteiger partial charge on any atom is -0.445 e. The van der Waals surface area contributed by atoms with Gasteiger partial charge < -0.3 is 9.47 Å². The Bertz CT molecular complexity index is 591. The molecule has 138 valence electrons. The van der Waals surface area contributed by atoms with Gasteiger partial charge in [0.05, 0.1) is 24.3 Å². The molecule has 1 fully saturated rings. The van der Waals surface area contributed by atoms with E-state index in [1.807, 2.05) is 65.0 Å². The van der Waals surface area contributed by atoms with E-state index in [4.69, 9.17) is 9.47 Å². The zero-order valence-corrected chi connectivity index (χ0v) is 15.8. The number of likely N-dealkylation sites (tertiary alicyclic amines) is 1. The lowest BCUT2D eigenvalue weighted by Crippen LogP contribution is -2.42. The smallest absolute Gasteiger partial charge is 0.410 e. The molecule has 5 heteroatoms. The van der Waals surface area contributed by atoms with Crippen LogP contribution in [0.4, 0.5) is 4.79 Å². The second-order valence-electron chi connectivity index (χ2n) is 7.85. The Hall–Kier alpha value is -1.88. The lowest BCUT2D eigenvalue weighted by molar-refractivity contribution is -0.126. The largest absolute Gasteiger partial charge is 0.445 e. The highest BCUT2D eigenvalue weighted by atomic mass is 16.6. The maximum atomic E-state index is 12.6. The van der Waals surface area contributed by atoms with Crippen LogP contribution in [0.1, 0.15) is 46.6 Å². The molecule has 1 aliphatic heterocycles. The van der Waals surface area contributed by atoms with Crippen LogP contribution in [0.5, 0.6) is 0 Å². The average molecular weight is 347 g/mol. The van der Waals surface area contributed by atoms with Crippen molar-refractivity contribution >= 4 is 11.9 Å². The highest BCUT2D eigenvalue weighted by molar-refractivity contribution is 5.89. The van der Waals surface area contributed by atoms with E-state index in [1.54, 1.807) is 0 Å². The zero-order valence-electron chi connectivity index (χ0n) is 15.8. The fourth-order valence-corrected chi connectivity index (χ4v) is 3.04. The molecule has 1 aromatic carbocycles. The van der Waals surface area contributed by atoms with E-state index in [9.17, 15) is 9.59 Å². The first-order valence-corrected chi connectivity index (χ1v) is 8.86. The van der Waals surface area contributed by atoms with E-state index in [0.717, 1.165) is 5.56 Å². The van der Waals surface area contributed by atoms with Gasteiger partial charge in [0.25, 0.3) is 0 Å². The van der Waals surface area contributed by atoms with Crippen molar-refractivity contribution in [1.82, 2.24) is 4.90 Å². The van der Waals surface area contributed by atoms with Gasteiger partial charge in [0.2, 0.25) is 0 Å². The van der Waals surface area contributed by atoms with Crippen molar-refractivity contribution in [2.45, 2.75) is 65.4 Å². The number of ketones is 1. The van der Waals surface area contributed by atoms with Crippen LogP contribution in [-0.2, 0) is 20.9 Å². The van der Waals surface area contributed by atoms with E-state index in [2.05, 4.69) is 0 Å². The molecule has 1 aliphatic rings. The Morgan fingerprint density at radius 3 is 2.40 bits per heavy atom. The molecule has 2 rings (SSSR count). The molecule has 2 atom stereocenters. The van der Waals surface area contributed by atoms with Crippen LogP contribution >= 0.6 is 0 Å². The minimum absolute atomic E-state index is 0.0525. The van der Waals surface area contributed by atoms with Crippen LogP contribution in [0.2, 0.25) is 0 Å². The molecule has 0 saturated carbocycles. The first kappa shape index (κ1) is 19.4. The standard InChI is InChI=1S/C20H29NO4/c1-14(2)18(22)17-11-16(25-20(3,4)5)12-21(17)19(23)24-13-15-9-7-6-8-10-15/h6-10,14,16-17H,11-13H2,1-5H3/t16-,17+/m1/s1. The Labute approximate surface area is 150 Å². The second kappa shape index (κ2) is 8.00. The van der Waals surface area contributed by atoms with Crippen molar-refractivity contribution in [3.8, 4) is 0 Å². The van der Waals surface area contributed by atoms with E-state index >= 15 is 0 Å². The van der Waals surface area contributed by atoms with Crippen LogP contribution in [-0.4, -0.2) is 41.1 Å². The average Bonchev–Trinajstić information content (AvgIpc) is 2.94. The molecular weight excluding hydrogens is 318 g/mol. The van der Waals surface area contributed by atoms with Gasteiger partial charge in [-0.3, -0.25) is 9.69 Å². The van der Waals surface area contributed by atoms with Gasteiger partial charge in [-0.2, -0.15) is 0 Å². The third kappa shape index (κ3) is 5.56. The number of ether oxygens (including phenoxy) is 2. The molecule has 0 spiro atoms. The van der Waals surface area contributed by atoms with Gasteiger partial charge in [0, 0.05) is 12.3 Å². The summed E-state index contributed by atoms with van der Waals surface area (Å²) in [7, 11) is 0. The zero-order chi connectivity index (χ0) is 18.6. The van der Waals surface area contributed by atoms with Crippen molar-refractivity contribution in [2.75, 3.05) is 6.54 Å². The minimum atomic E-state index is -0.476. The predicted molar refractivity (Wildman–Crippen MR) is 96.2 cm³/mol. The number of carbonyl (C=O) groups is 2. The van der Waals surface area contributed by atoms with Crippen LogP contribution in [0, 0.1) is 5.92 Å². The van der Waals surface area contributed by atoms with Crippen molar-refractivity contribution in [3.05, 3.63) is 35.9 Å². The molecule has 0 aliphatic carbocycles. The van der Waals surface area contributed by atoms with Crippen molar-refractivity contribution < 1.29 is 19.1 Å². The number of nitrogens with zero attached hydrogens (tertiary/aromatic N) is 1. The molecule has 5 nitrogen and oxygen atoms in total. The summed E-state index contributed by atoms with van der Waals surface area (Å²) < 4.78 is 11.4. The topological polar surface area (TPSA) is 55.8 Å². The van der Waals surface area contributed by atoms with Gasteiger partial charge >= 0.3 is 6.09 Å². The number of amides is 1. The number of benzene rings is 1. The molecule has 1 saturated heterocycles. The maximum Gasteiger partial charge on any atom is 0.410 e. The fraction of sp³-hybridized carbons (Fsp3) is 0.600. The molecule has 1 aromatic rings. The van der Waals surface area contributed by atoms with Crippen LogP contribution in [0.3, 0.4) is 0 Å². The summed E-state index contributed by atoms with van der Waals surface area (Å²) in [5.41, 5.74) is 0.601. The van der Waals surface area contributed by atoms with Gasteiger partial charge in [0.15, 0.2) is 5.78 Å². The Morgan fingerprint density at radius 2 is 1.84 bits per heavy atom. The number of hydrogen-bond donors (Lipinski definition) is 0. The van der Waals surface area contributed by atoms with E-state index < -0.39 is 12.1 Å². The number of hydrogen-bond acceptors (Lipinski definition) is 4. The molecule has 1 amide bonds. The summed E-state index contributed by atoms with van der Waals surface area (Å²) in [6.45, 7) is 10.2. The number of rotatable bonds is 5. The summed E-state index contributed by atoms with van der Waals surface area (Å²) >= 11 is 0. The second-order valence-corrected chi connectivity index (χ2v) is 7.85. The van der Waals surface area contributed by atoms with Crippen molar-refractivity contribution in [3.63, 3.8) is 0 Å². The molecule has 0 unspecified atom stereocenters. The molecule has 25 heavy (non-hydrogen) atoms. The summed E-state index contributed by atoms with van der Waals surface area (Å²) in [6, 6.07) is 9.04. The van der Waals surface area contributed by atoms with Crippen LogP contribution in [0.15, 0.2) is 30.3 Å². The first-order chi connectivity index (χ1) is 11.7. The lowest BCUT2D eigenvalue weighted by atomic mass is 9.99. The third-order valence-electron chi connectivity index (χ3n) is 4.12. The quantitative estimate of drug-likeness (QED) is 0.813. The molecule has 0 N–H and O–H groups in total. The highest BCUT2D eigenvalue weighted by Crippen LogP contribution is 2.27.